The second-order valence-corrected chi connectivity index (χ2v) is 7.59. The van der Waals surface area contributed by atoms with Crippen molar-refractivity contribution in [2.75, 3.05) is 31.2 Å². The average Bonchev–Trinajstić information content (AvgIpc) is 2.63. The van der Waals surface area contributed by atoms with E-state index in [0.29, 0.717) is 11.4 Å². The normalized spacial score (nSPS) is 10.8. The number of amides is 2. The fourth-order valence-corrected chi connectivity index (χ4v) is 3.18. The first-order chi connectivity index (χ1) is 12.7. The summed E-state index contributed by atoms with van der Waals surface area (Å²) in [7, 11) is 0.808. The highest BCUT2D eigenvalue weighted by atomic mass is 32.2. The van der Waals surface area contributed by atoms with Crippen LogP contribution < -0.4 is 10.0 Å². The molecule has 2 rings (SSSR count). The third kappa shape index (κ3) is 5.71. The van der Waals surface area contributed by atoms with Gasteiger partial charge in [0.15, 0.2) is 0 Å². The molecule has 0 saturated heterocycles. The van der Waals surface area contributed by atoms with Crippen LogP contribution in [0.25, 0.3) is 0 Å². The van der Waals surface area contributed by atoms with Crippen molar-refractivity contribution in [2.45, 2.75) is 11.3 Å². The quantitative estimate of drug-likeness (QED) is 0.786. The third-order valence-electron chi connectivity index (χ3n) is 3.66. The lowest BCUT2D eigenvalue weighted by atomic mass is 10.1. The monoisotopic (exact) mass is 391 g/mol. The van der Waals surface area contributed by atoms with E-state index in [4.69, 9.17) is 0 Å². The molecule has 0 unspecified atom stereocenters. The van der Waals surface area contributed by atoms with Gasteiger partial charge in [-0.1, -0.05) is 12.1 Å². The summed E-state index contributed by atoms with van der Waals surface area (Å²) in [6.07, 6.45) is -0.397. The van der Waals surface area contributed by atoms with Crippen molar-refractivity contribution in [1.29, 1.82) is 0 Å². The van der Waals surface area contributed by atoms with E-state index in [-0.39, 0.29) is 17.2 Å². The van der Waals surface area contributed by atoms with Gasteiger partial charge in [0.2, 0.25) is 5.91 Å². The number of ether oxygens (including phenoxy) is 1. The summed E-state index contributed by atoms with van der Waals surface area (Å²) in [5, 5.41) is 2.44. The Balaban J connectivity index is 2.07. The highest BCUT2D eigenvalue weighted by Crippen LogP contribution is 2.19. The molecule has 2 aromatic carbocycles. The van der Waals surface area contributed by atoms with E-state index < -0.39 is 16.1 Å². The Hall–Kier alpha value is -3.07. The number of hydrogen-bond acceptors (Lipinski definition) is 5. The number of likely N-dealkylation sites (N-methyl/N-ethyl adjacent to an activating group) is 1. The number of carbonyl (C=O) groups excluding carboxylic acids is 2. The van der Waals surface area contributed by atoms with Crippen LogP contribution in [-0.4, -0.2) is 46.5 Å². The molecule has 0 saturated carbocycles. The number of methoxy groups -OCH3 is 1. The number of carbonyl (C=O) groups is 2. The summed E-state index contributed by atoms with van der Waals surface area (Å²) in [6, 6.07) is 12.3. The SMILES string of the molecule is COC(=O)Nc1ccc(S(=O)(=O)Nc2ccc(CC(=O)N(C)C)cc2)cc1. The first-order valence-corrected chi connectivity index (χ1v) is 9.46. The van der Waals surface area contributed by atoms with Gasteiger partial charge in [-0.2, -0.15) is 0 Å². The molecule has 0 aliphatic rings. The van der Waals surface area contributed by atoms with Gasteiger partial charge in [-0.05, 0) is 42.0 Å². The highest BCUT2D eigenvalue weighted by Gasteiger charge is 2.15. The van der Waals surface area contributed by atoms with Gasteiger partial charge >= 0.3 is 6.09 Å². The number of nitrogens with one attached hydrogen (secondary N) is 2. The van der Waals surface area contributed by atoms with Crippen molar-refractivity contribution in [3.8, 4) is 0 Å². The van der Waals surface area contributed by atoms with Gasteiger partial charge < -0.3 is 9.64 Å². The molecule has 0 heterocycles. The Morgan fingerprint density at radius 3 is 2.04 bits per heavy atom. The number of nitrogens with zero attached hydrogens (tertiary/aromatic N) is 1. The maximum Gasteiger partial charge on any atom is 0.411 e. The summed E-state index contributed by atoms with van der Waals surface area (Å²) >= 11 is 0. The van der Waals surface area contributed by atoms with E-state index in [9.17, 15) is 18.0 Å². The Labute approximate surface area is 158 Å². The molecule has 2 N–H and O–H groups in total. The minimum absolute atomic E-state index is 0.0380. The van der Waals surface area contributed by atoms with Crippen LogP contribution in [0.4, 0.5) is 16.2 Å². The Kier molecular flexibility index (Phi) is 6.40. The van der Waals surface area contributed by atoms with E-state index in [1.54, 1.807) is 38.4 Å². The minimum atomic E-state index is -3.78. The minimum Gasteiger partial charge on any atom is -0.453 e. The fourth-order valence-electron chi connectivity index (χ4n) is 2.12. The van der Waals surface area contributed by atoms with Crippen molar-refractivity contribution in [1.82, 2.24) is 4.90 Å². The summed E-state index contributed by atoms with van der Waals surface area (Å²) in [4.78, 5) is 24.4. The van der Waals surface area contributed by atoms with Gasteiger partial charge in [0, 0.05) is 25.5 Å². The van der Waals surface area contributed by atoms with Gasteiger partial charge in [-0.15, -0.1) is 0 Å². The van der Waals surface area contributed by atoms with Gasteiger partial charge in [0.1, 0.15) is 0 Å². The summed E-state index contributed by atoms with van der Waals surface area (Å²) in [5.41, 5.74) is 1.58. The van der Waals surface area contributed by atoms with Crippen molar-refractivity contribution in [2.24, 2.45) is 0 Å². The Morgan fingerprint density at radius 1 is 0.963 bits per heavy atom. The van der Waals surface area contributed by atoms with Crippen LogP contribution in [-0.2, 0) is 26.0 Å². The maximum absolute atomic E-state index is 12.5. The Morgan fingerprint density at radius 2 is 1.52 bits per heavy atom. The van der Waals surface area contributed by atoms with E-state index in [0.717, 1.165) is 5.56 Å². The standard InChI is InChI=1S/C18H21N3O5S/c1-21(2)17(22)12-13-4-6-15(7-5-13)20-27(24,25)16-10-8-14(9-11-16)19-18(23)26-3/h4-11,20H,12H2,1-3H3,(H,19,23). The molecule has 0 aromatic heterocycles. The summed E-state index contributed by atoms with van der Waals surface area (Å²) in [5.74, 6) is -0.0380. The molecule has 9 heteroatoms. The van der Waals surface area contributed by atoms with Crippen LogP contribution in [0.5, 0.6) is 0 Å². The van der Waals surface area contributed by atoms with Gasteiger partial charge in [-0.25, -0.2) is 13.2 Å². The first kappa shape index (κ1) is 20.2. The number of hydrogen-bond donors (Lipinski definition) is 2. The third-order valence-corrected chi connectivity index (χ3v) is 5.05. The van der Waals surface area contributed by atoms with Crippen molar-refractivity contribution >= 4 is 33.4 Å². The van der Waals surface area contributed by atoms with E-state index in [1.165, 1.54) is 36.3 Å². The second-order valence-electron chi connectivity index (χ2n) is 5.91. The van der Waals surface area contributed by atoms with Crippen LogP contribution in [0.15, 0.2) is 53.4 Å². The maximum atomic E-state index is 12.5. The summed E-state index contributed by atoms with van der Waals surface area (Å²) in [6.45, 7) is 0. The highest BCUT2D eigenvalue weighted by molar-refractivity contribution is 7.92. The van der Waals surface area contributed by atoms with Crippen molar-refractivity contribution in [3.05, 3.63) is 54.1 Å². The number of anilines is 2. The van der Waals surface area contributed by atoms with Crippen LogP contribution in [0.2, 0.25) is 0 Å². The molecule has 144 valence electrons. The number of benzene rings is 2. The van der Waals surface area contributed by atoms with Crippen LogP contribution in [0.3, 0.4) is 0 Å². The molecule has 0 spiro atoms. The predicted molar refractivity (Wildman–Crippen MR) is 102 cm³/mol. The smallest absolute Gasteiger partial charge is 0.411 e. The predicted octanol–water partition coefficient (Wildman–Crippen LogP) is 2.30. The zero-order valence-corrected chi connectivity index (χ0v) is 16.0. The zero-order chi connectivity index (χ0) is 20.0. The van der Waals surface area contributed by atoms with Gasteiger partial charge in [0.05, 0.1) is 18.4 Å². The number of sulfonamides is 1. The molecule has 8 nitrogen and oxygen atoms in total. The molecule has 0 bridgehead atoms. The molecule has 0 atom stereocenters. The molecular weight excluding hydrogens is 370 g/mol. The fraction of sp³-hybridized carbons (Fsp3) is 0.222. The van der Waals surface area contributed by atoms with Crippen molar-refractivity contribution in [3.63, 3.8) is 0 Å². The van der Waals surface area contributed by atoms with Gasteiger partial charge in [-0.3, -0.25) is 14.8 Å². The van der Waals surface area contributed by atoms with Crippen LogP contribution in [0.1, 0.15) is 5.56 Å². The molecule has 2 amide bonds. The first-order valence-electron chi connectivity index (χ1n) is 7.98. The summed E-state index contributed by atoms with van der Waals surface area (Å²) < 4.78 is 31.9. The van der Waals surface area contributed by atoms with Crippen LogP contribution in [0, 0.1) is 0 Å². The van der Waals surface area contributed by atoms with E-state index in [1.807, 2.05) is 0 Å². The lowest BCUT2D eigenvalue weighted by molar-refractivity contribution is -0.127. The van der Waals surface area contributed by atoms with Gasteiger partial charge in [0.25, 0.3) is 10.0 Å². The van der Waals surface area contributed by atoms with Crippen LogP contribution >= 0.6 is 0 Å². The van der Waals surface area contributed by atoms with E-state index in [2.05, 4.69) is 14.8 Å². The molecule has 27 heavy (non-hydrogen) atoms. The Bertz CT molecular complexity index is 907. The average molecular weight is 391 g/mol. The lowest BCUT2D eigenvalue weighted by Crippen LogP contribution is -2.23. The topological polar surface area (TPSA) is 105 Å². The van der Waals surface area contributed by atoms with E-state index >= 15 is 0 Å². The largest absolute Gasteiger partial charge is 0.453 e. The lowest BCUT2D eigenvalue weighted by Gasteiger charge is -2.11. The number of rotatable bonds is 6. The molecule has 0 radical (unpaired) electrons. The molecule has 0 aliphatic heterocycles. The molecule has 2 aromatic rings. The second kappa shape index (κ2) is 8.54. The zero-order valence-electron chi connectivity index (χ0n) is 15.2. The molecule has 0 aliphatic carbocycles. The molecular formula is C18H21N3O5S. The van der Waals surface area contributed by atoms with Crippen molar-refractivity contribution < 1.29 is 22.7 Å². The molecule has 0 fully saturated rings.